The van der Waals surface area contributed by atoms with E-state index in [4.69, 9.17) is 4.52 Å². The van der Waals surface area contributed by atoms with E-state index in [0.29, 0.717) is 18.0 Å². The second-order valence-electron chi connectivity index (χ2n) is 6.68. The topological polar surface area (TPSA) is 77.1 Å². The molecular formula is C19H21N5O2. The number of aromatic nitrogens is 4. The van der Waals surface area contributed by atoms with Crippen molar-refractivity contribution in [3.8, 4) is 11.3 Å². The van der Waals surface area contributed by atoms with Crippen LogP contribution in [-0.4, -0.2) is 37.8 Å². The smallest absolute Gasteiger partial charge is 0.274 e. The van der Waals surface area contributed by atoms with Crippen molar-refractivity contribution in [1.29, 1.82) is 0 Å². The number of carbonyl (C=O) groups excluding carboxylic acids is 1. The Labute approximate surface area is 151 Å². The fourth-order valence-electron chi connectivity index (χ4n) is 3.48. The van der Waals surface area contributed by atoms with Crippen molar-refractivity contribution in [2.24, 2.45) is 7.05 Å². The number of nitrogens with zero attached hydrogens (tertiary/aromatic N) is 5. The minimum absolute atomic E-state index is 0.0781. The zero-order valence-corrected chi connectivity index (χ0v) is 15.0. The van der Waals surface area contributed by atoms with Crippen LogP contribution in [0.3, 0.4) is 0 Å². The molecule has 3 aromatic heterocycles. The zero-order valence-electron chi connectivity index (χ0n) is 15.0. The molecule has 0 fully saturated rings. The molecule has 1 aliphatic rings. The molecule has 0 spiro atoms. The van der Waals surface area contributed by atoms with Crippen LogP contribution >= 0.6 is 0 Å². The highest BCUT2D eigenvalue weighted by Gasteiger charge is 2.26. The first kappa shape index (κ1) is 16.5. The van der Waals surface area contributed by atoms with E-state index >= 15 is 0 Å². The molecule has 0 atom stereocenters. The van der Waals surface area contributed by atoms with E-state index in [-0.39, 0.29) is 5.91 Å². The van der Waals surface area contributed by atoms with Gasteiger partial charge < -0.3 is 9.42 Å². The quantitative estimate of drug-likeness (QED) is 0.722. The number of pyridine rings is 1. The molecule has 0 unspecified atom stereocenters. The zero-order chi connectivity index (χ0) is 18.1. The molecule has 0 aliphatic heterocycles. The molecule has 26 heavy (non-hydrogen) atoms. The summed E-state index contributed by atoms with van der Waals surface area (Å²) < 4.78 is 7.26. The molecule has 1 aliphatic carbocycles. The number of hydrogen-bond donors (Lipinski definition) is 0. The van der Waals surface area contributed by atoms with Crippen LogP contribution in [0.4, 0.5) is 0 Å². The minimum Gasteiger partial charge on any atom is -0.359 e. The predicted molar refractivity (Wildman–Crippen MR) is 95.4 cm³/mol. The van der Waals surface area contributed by atoms with Crippen molar-refractivity contribution in [1.82, 2.24) is 24.8 Å². The van der Waals surface area contributed by atoms with Gasteiger partial charge in [0, 0.05) is 49.4 Å². The van der Waals surface area contributed by atoms with Gasteiger partial charge in [-0.05, 0) is 37.8 Å². The molecule has 0 saturated carbocycles. The van der Waals surface area contributed by atoms with Gasteiger partial charge in [-0.15, -0.1) is 0 Å². The summed E-state index contributed by atoms with van der Waals surface area (Å²) in [5, 5.41) is 8.57. The van der Waals surface area contributed by atoms with E-state index in [1.165, 1.54) is 5.69 Å². The van der Waals surface area contributed by atoms with Crippen molar-refractivity contribution in [2.45, 2.75) is 32.2 Å². The first-order chi connectivity index (χ1) is 12.6. The standard InChI is InChI=1S/C19H21N5O2/c1-23(12-14-11-16(22-26-14)13-7-9-20-10-8-13)19(25)18-15-5-3-4-6-17(15)24(2)21-18/h7-11H,3-6,12H2,1-2H3. The SMILES string of the molecule is CN(Cc1cc(-c2ccncc2)no1)C(=O)c1nn(C)c2c1CCCC2. The summed E-state index contributed by atoms with van der Waals surface area (Å²) in [5.74, 6) is 0.558. The minimum atomic E-state index is -0.0781. The highest BCUT2D eigenvalue weighted by Crippen LogP contribution is 2.25. The van der Waals surface area contributed by atoms with E-state index < -0.39 is 0 Å². The molecule has 1 amide bonds. The second-order valence-corrected chi connectivity index (χ2v) is 6.68. The molecule has 0 bridgehead atoms. The Morgan fingerprint density at radius 1 is 1.27 bits per heavy atom. The summed E-state index contributed by atoms with van der Waals surface area (Å²) in [4.78, 5) is 18.5. The summed E-state index contributed by atoms with van der Waals surface area (Å²) in [6, 6.07) is 5.60. The Bertz CT molecular complexity index is 929. The van der Waals surface area contributed by atoms with Gasteiger partial charge in [-0.2, -0.15) is 5.10 Å². The van der Waals surface area contributed by atoms with Gasteiger partial charge in [-0.3, -0.25) is 14.5 Å². The third-order valence-electron chi connectivity index (χ3n) is 4.84. The number of aryl methyl sites for hydroxylation is 1. The Kier molecular flexibility index (Phi) is 4.28. The van der Waals surface area contributed by atoms with Crippen molar-refractivity contribution in [3.05, 3.63) is 53.3 Å². The van der Waals surface area contributed by atoms with Crippen molar-refractivity contribution < 1.29 is 9.32 Å². The number of hydrogen-bond acceptors (Lipinski definition) is 5. The lowest BCUT2D eigenvalue weighted by atomic mass is 9.95. The molecule has 134 valence electrons. The van der Waals surface area contributed by atoms with E-state index in [9.17, 15) is 4.79 Å². The van der Waals surface area contributed by atoms with Crippen LogP contribution in [0.15, 0.2) is 35.1 Å². The maximum Gasteiger partial charge on any atom is 0.274 e. The van der Waals surface area contributed by atoms with E-state index in [2.05, 4.69) is 15.2 Å². The van der Waals surface area contributed by atoms with Crippen LogP contribution in [0.2, 0.25) is 0 Å². The van der Waals surface area contributed by atoms with E-state index in [0.717, 1.165) is 42.5 Å². The van der Waals surface area contributed by atoms with Gasteiger partial charge >= 0.3 is 0 Å². The van der Waals surface area contributed by atoms with Gasteiger partial charge in [0.25, 0.3) is 5.91 Å². The summed E-state index contributed by atoms with van der Waals surface area (Å²) >= 11 is 0. The van der Waals surface area contributed by atoms with Crippen molar-refractivity contribution >= 4 is 5.91 Å². The monoisotopic (exact) mass is 351 g/mol. The molecule has 7 nitrogen and oxygen atoms in total. The lowest BCUT2D eigenvalue weighted by Crippen LogP contribution is -2.27. The molecule has 3 aromatic rings. The van der Waals surface area contributed by atoms with Gasteiger partial charge in [-0.25, -0.2) is 0 Å². The average Bonchev–Trinajstić information content (AvgIpc) is 3.27. The first-order valence-electron chi connectivity index (χ1n) is 8.79. The summed E-state index contributed by atoms with van der Waals surface area (Å²) in [6.45, 7) is 0.349. The number of fused-ring (bicyclic) bond motifs is 1. The molecule has 0 saturated heterocycles. The van der Waals surface area contributed by atoms with Crippen LogP contribution in [0.25, 0.3) is 11.3 Å². The summed E-state index contributed by atoms with van der Waals surface area (Å²) in [5.41, 5.74) is 4.53. The van der Waals surface area contributed by atoms with Crippen molar-refractivity contribution in [3.63, 3.8) is 0 Å². The van der Waals surface area contributed by atoms with Crippen LogP contribution in [0, 0.1) is 0 Å². The molecule has 0 N–H and O–H groups in total. The maximum absolute atomic E-state index is 12.9. The van der Waals surface area contributed by atoms with Crippen LogP contribution < -0.4 is 0 Å². The van der Waals surface area contributed by atoms with Gasteiger partial charge in [0.05, 0.1) is 6.54 Å². The Morgan fingerprint density at radius 3 is 2.85 bits per heavy atom. The van der Waals surface area contributed by atoms with Gasteiger partial charge in [-0.1, -0.05) is 5.16 Å². The van der Waals surface area contributed by atoms with Gasteiger partial charge in [0.15, 0.2) is 11.5 Å². The molecular weight excluding hydrogens is 330 g/mol. The van der Waals surface area contributed by atoms with Gasteiger partial charge in [0.1, 0.15) is 5.69 Å². The van der Waals surface area contributed by atoms with E-state index in [1.807, 2.05) is 29.9 Å². The highest BCUT2D eigenvalue weighted by atomic mass is 16.5. The number of carbonyl (C=O) groups is 1. The fourth-order valence-corrected chi connectivity index (χ4v) is 3.48. The molecule has 7 heteroatoms. The Balaban J connectivity index is 1.51. The largest absolute Gasteiger partial charge is 0.359 e. The third kappa shape index (κ3) is 3.00. The summed E-state index contributed by atoms with van der Waals surface area (Å²) in [6.07, 6.45) is 7.61. The predicted octanol–water partition coefficient (Wildman–Crippen LogP) is 2.62. The van der Waals surface area contributed by atoms with Crippen LogP contribution in [-0.2, 0) is 26.4 Å². The second kappa shape index (κ2) is 6.74. The number of amides is 1. The number of rotatable bonds is 4. The maximum atomic E-state index is 12.9. The van der Waals surface area contributed by atoms with Gasteiger partial charge in [0.2, 0.25) is 0 Å². The average molecular weight is 351 g/mol. The Hall–Kier alpha value is -2.96. The first-order valence-corrected chi connectivity index (χ1v) is 8.79. The van der Waals surface area contributed by atoms with Crippen molar-refractivity contribution in [2.75, 3.05) is 7.05 Å². The van der Waals surface area contributed by atoms with Crippen LogP contribution in [0.5, 0.6) is 0 Å². The lowest BCUT2D eigenvalue weighted by Gasteiger charge is -2.16. The summed E-state index contributed by atoms with van der Waals surface area (Å²) in [7, 11) is 3.68. The normalized spacial score (nSPS) is 13.5. The highest BCUT2D eigenvalue weighted by molar-refractivity contribution is 5.94. The molecule has 3 heterocycles. The van der Waals surface area contributed by atoms with E-state index in [1.54, 1.807) is 24.3 Å². The molecule has 4 rings (SSSR count). The molecule has 0 aromatic carbocycles. The Morgan fingerprint density at radius 2 is 2.04 bits per heavy atom. The third-order valence-corrected chi connectivity index (χ3v) is 4.84. The fraction of sp³-hybridized carbons (Fsp3) is 0.368. The molecule has 0 radical (unpaired) electrons. The van der Waals surface area contributed by atoms with Crippen LogP contribution in [0.1, 0.15) is 40.3 Å². The lowest BCUT2D eigenvalue weighted by molar-refractivity contribution is 0.0764.